The molecule has 2 atom stereocenters. The number of nitrogens with zero attached hydrogens (tertiary/aromatic N) is 1. The maximum atomic E-state index is 12.9. The van der Waals surface area contributed by atoms with Crippen LogP contribution in [0.15, 0.2) is 18.2 Å². The lowest BCUT2D eigenvalue weighted by atomic mass is 10.0. The molecule has 2 aliphatic rings. The molecule has 2 heterocycles. The lowest BCUT2D eigenvalue weighted by Crippen LogP contribution is -2.52. The molecule has 3 amide bonds. The molecule has 0 radical (unpaired) electrons. The van der Waals surface area contributed by atoms with Crippen molar-refractivity contribution in [2.75, 3.05) is 6.54 Å². The largest absolute Gasteiger partial charge is 0.330 e. The highest BCUT2D eigenvalue weighted by Crippen LogP contribution is 2.28. The second-order valence-corrected chi connectivity index (χ2v) is 6.79. The number of halogens is 2. The van der Waals surface area contributed by atoms with Crippen molar-refractivity contribution in [2.45, 2.75) is 50.9 Å². The third-order valence-electron chi connectivity index (χ3n) is 4.94. The third-order valence-corrected chi connectivity index (χ3v) is 4.94. The van der Waals surface area contributed by atoms with Crippen LogP contribution in [0.1, 0.15) is 40.7 Å². The number of nitrogens with one attached hydrogen (secondary N) is 2. The molecule has 0 spiro atoms. The van der Waals surface area contributed by atoms with E-state index in [4.69, 9.17) is 5.73 Å². The Morgan fingerprint density at radius 2 is 2.07 bits per heavy atom. The zero-order valence-corrected chi connectivity index (χ0v) is 14.7. The first-order chi connectivity index (χ1) is 12.9. The molecule has 27 heavy (non-hydrogen) atoms. The molecule has 7 nitrogen and oxygen atoms in total. The summed E-state index contributed by atoms with van der Waals surface area (Å²) in [6, 6.07) is 3.50. The average Bonchev–Trinajstić information content (AvgIpc) is 2.94. The fraction of sp³-hybridized carbons (Fsp3) is 0.500. The van der Waals surface area contributed by atoms with E-state index < -0.39 is 24.4 Å². The van der Waals surface area contributed by atoms with Crippen LogP contribution in [0.5, 0.6) is 0 Å². The zero-order valence-electron chi connectivity index (χ0n) is 14.7. The Morgan fingerprint density at radius 3 is 2.74 bits per heavy atom. The Morgan fingerprint density at radius 1 is 1.30 bits per heavy atom. The molecule has 4 N–H and O–H groups in total. The first-order valence-corrected chi connectivity index (χ1v) is 8.88. The minimum atomic E-state index is -2.51. The van der Waals surface area contributed by atoms with Crippen molar-refractivity contribution >= 4 is 17.7 Å². The van der Waals surface area contributed by atoms with Gasteiger partial charge in [0.25, 0.3) is 12.3 Å². The van der Waals surface area contributed by atoms with Gasteiger partial charge < -0.3 is 16.0 Å². The molecule has 3 rings (SSSR count). The highest BCUT2D eigenvalue weighted by molar-refractivity contribution is 6.05. The number of rotatable bonds is 7. The predicted molar refractivity (Wildman–Crippen MR) is 92.8 cm³/mol. The lowest BCUT2D eigenvalue weighted by molar-refractivity contribution is -0.136. The molecule has 2 unspecified atom stereocenters. The van der Waals surface area contributed by atoms with Gasteiger partial charge >= 0.3 is 0 Å². The summed E-state index contributed by atoms with van der Waals surface area (Å²) < 4.78 is 25.9. The second-order valence-electron chi connectivity index (χ2n) is 6.79. The summed E-state index contributed by atoms with van der Waals surface area (Å²) in [5.41, 5.74) is 7.38. The van der Waals surface area contributed by atoms with Crippen molar-refractivity contribution in [2.24, 2.45) is 5.73 Å². The van der Waals surface area contributed by atoms with Gasteiger partial charge in [-0.25, -0.2) is 8.78 Å². The van der Waals surface area contributed by atoms with Crippen molar-refractivity contribution in [3.05, 3.63) is 34.9 Å². The molecule has 0 bridgehead atoms. The van der Waals surface area contributed by atoms with Crippen molar-refractivity contribution in [3.8, 4) is 0 Å². The molecule has 1 aromatic rings. The van der Waals surface area contributed by atoms with E-state index in [1.54, 1.807) is 18.2 Å². The second kappa shape index (κ2) is 8.10. The number of nitrogens with two attached hydrogens (primary N) is 1. The quantitative estimate of drug-likeness (QED) is 0.598. The molecule has 9 heteroatoms. The number of imide groups is 1. The number of fused-ring (bicyclic) bond motifs is 1. The summed E-state index contributed by atoms with van der Waals surface area (Å²) in [5, 5.41) is 5.05. The number of hydrogen-bond acceptors (Lipinski definition) is 5. The number of carbonyl (C=O) groups excluding carboxylic acids is 3. The van der Waals surface area contributed by atoms with Crippen LogP contribution in [0.25, 0.3) is 0 Å². The fourth-order valence-electron chi connectivity index (χ4n) is 3.48. The predicted octanol–water partition coefficient (Wildman–Crippen LogP) is 0.520. The molecule has 1 aromatic carbocycles. The summed E-state index contributed by atoms with van der Waals surface area (Å²) >= 11 is 0. The molecular formula is C18H22F2N4O3. The van der Waals surface area contributed by atoms with E-state index in [1.807, 2.05) is 0 Å². The summed E-state index contributed by atoms with van der Waals surface area (Å²) in [6.07, 6.45) is -1.84. The number of piperidine rings is 1. The molecule has 0 saturated carbocycles. The highest BCUT2D eigenvalue weighted by Gasteiger charge is 2.39. The van der Waals surface area contributed by atoms with E-state index in [9.17, 15) is 23.2 Å². The lowest BCUT2D eigenvalue weighted by Gasteiger charge is -2.29. The van der Waals surface area contributed by atoms with E-state index in [-0.39, 0.29) is 44.3 Å². The van der Waals surface area contributed by atoms with Gasteiger partial charge in [0.2, 0.25) is 11.8 Å². The maximum absolute atomic E-state index is 12.9. The van der Waals surface area contributed by atoms with Crippen molar-refractivity contribution < 1.29 is 23.2 Å². The normalized spacial score (nSPS) is 20.8. The zero-order chi connectivity index (χ0) is 19.6. The van der Waals surface area contributed by atoms with Crippen LogP contribution in [0.4, 0.5) is 8.78 Å². The Bertz CT molecular complexity index is 756. The number of amides is 3. The van der Waals surface area contributed by atoms with Crippen LogP contribution in [-0.4, -0.2) is 47.7 Å². The van der Waals surface area contributed by atoms with Gasteiger partial charge in [-0.05, 0) is 36.6 Å². The van der Waals surface area contributed by atoms with Crippen LogP contribution in [0.2, 0.25) is 0 Å². The number of hydrogen-bond donors (Lipinski definition) is 3. The minimum absolute atomic E-state index is 0.168. The van der Waals surface area contributed by atoms with E-state index in [0.717, 1.165) is 11.1 Å². The summed E-state index contributed by atoms with van der Waals surface area (Å²) in [5.74, 6) is -1.05. The van der Waals surface area contributed by atoms with Crippen molar-refractivity contribution in [1.82, 2.24) is 15.5 Å². The van der Waals surface area contributed by atoms with E-state index in [2.05, 4.69) is 10.6 Å². The molecular weight excluding hydrogens is 358 g/mol. The average molecular weight is 380 g/mol. The molecule has 0 aromatic heterocycles. The molecule has 2 aliphatic heterocycles. The highest BCUT2D eigenvalue weighted by atomic mass is 19.3. The number of benzene rings is 1. The Hall–Kier alpha value is -2.39. The summed E-state index contributed by atoms with van der Waals surface area (Å²) in [4.78, 5) is 37.4. The minimum Gasteiger partial charge on any atom is -0.330 e. The van der Waals surface area contributed by atoms with Gasteiger partial charge in [0.15, 0.2) is 0 Å². The van der Waals surface area contributed by atoms with Crippen LogP contribution in [0, 0.1) is 0 Å². The van der Waals surface area contributed by atoms with E-state index >= 15 is 0 Å². The fourth-order valence-corrected chi connectivity index (χ4v) is 3.48. The number of alkyl halides is 2. The Labute approximate surface area is 155 Å². The van der Waals surface area contributed by atoms with Crippen molar-refractivity contribution in [1.29, 1.82) is 0 Å². The van der Waals surface area contributed by atoms with E-state index in [0.29, 0.717) is 12.0 Å². The van der Waals surface area contributed by atoms with Crippen LogP contribution in [-0.2, 0) is 22.7 Å². The smallest absolute Gasteiger partial charge is 0.255 e. The Balaban J connectivity index is 1.68. The molecule has 1 fully saturated rings. The number of carbonyl (C=O) groups is 3. The molecule has 0 aliphatic carbocycles. The van der Waals surface area contributed by atoms with Crippen LogP contribution < -0.4 is 16.4 Å². The first-order valence-electron chi connectivity index (χ1n) is 8.88. The standard InChI is InChI=1S/C18H22F2N4O3/c19-16(20)13(5-6-21)22-8-10-1-2-12-11(7-10)9-24(18(12)27)14-3-4-15(25)23-17(14)26/h1-2,7,13-14,16,22H,3-6,8-9,21H2,(H,23,25,26). The van der Waals surface area contributed by atoms with Gasteiger partial charge in [0.1, 0.15) is 6.04 Å². The molecule has 1 saturated heterocycles. The SMILES string of the molecule is NCCC(NCc1ccc2c(c1)CN(C1CCC(=O)NC1=O)C2=O)C(F)F. The Kier molecular flexibility index (Phi) is 5.81. The monoisotopic (exact) mass is 380 g/mol. The van der Waals surface area contributed by atoms with Crippen molar-refractivity contribution in [3.63, 3.8) is 0 Å². The van der Waals surface area contributed by atoms with Gasteiger partial charge in [-0.2, -0.15) is 0 Å². The van der Waals surface area contributed by atoms with E-state index in [1.165, 1.54) is 4.90 Å². The topological polar surface area (TPSA) is 105 Å². The summed E-state index contributed by atoms with van der Waals surface area (Å²) in [6.45, 7) is 0.659. The third kappa shape index (κ3) is 4.14. The maximum Gasteiger partial charge on any atom is 0.255 e. The van der Waals surface area contributed by atoms with Crippen LogP contribution >= 0.6 is 0 Å². The van der Waals surface area contributed by atoms with Gasteiger partial charge in [-0.15, -0.1) is 0 Å². The van der Waals surface area contributed by atoms with Gasteiger partial charge in [-0.1, -0.05) is 12.1 Å². The van der Waals surface area contributed by atoms with Gasteiger partial charge in [0.05, 0.1) is 6.04 Å². The summed E-state index contributed by atoms with van der Waals surface area (Å²) in [7, 11) is 0. The van der Waals surface area contributed by atoms with Gasteiger partial charge in [-0.3, -0.25) is 19.7 Å². The van der Waals surface area contributed by atoms with Gasteiger partial charge in [0, 0.05) is 25.1 Å². The first kappa shape index (κ1) is 19.4. The van der Waals surface area contributed by atoms with Crippen LogP contribution in [0.3, 0.4) is 0 Å². The molecule has 146 valence electrons.